The molecule has 1 heterocycles. The molecule has 1 aliphatic heterocycles. The maximum Gasteiger partial charge on any atom is 0.234 e. The zero-order chi connectivity index (χ0) is 17.5. The van der Waals surface area contributed by atoms with Crippen LogP contribution in [0.25, 0.3) is 0 Å². The monoisotopic (exact) mass is 344 g/mol. The first-order valence-corrected chi connectivity index (χ1v) is 9.76. The summed E-state index contributed by atoms with van der Waals surface area (Å²) in [5, 5.41) is 3.21. The Morgan fingerprint density at radius 1 is 1.20 bits per heavy atom. The Labute approximate surface area is 151 Å². The zero-order valence-corrected chi connectivity index (χ0v) is 15.5. The molecule has 2 aliphatic rings. The molecule has 0 aromatic heterocycles. The van der Waals surface area contributed by atoms with Crippen LogP contribution in [0.5, 0.6) is 0 Å². The highest BCUT2D eigenvalue weighted by Gasteiger charge is 2.34. The van der Waals surface area contributed by atoms with E-state index in [-0.39, 0.29) is 11.3 Å². The summed E-state index contributed by atoms with van der Waals surface area (Å²) < 4.78 is 5.57. The molecule has 1 aromatic carbocycles. The minimum atomic E-state index is 0.0131. The number of benzene rings is 1. The average molecular weight is 344 g/mol. The van der Waals surface area contributed by atoms with Gasteiger partial charge in [0.2, 0.25) is 5.91 Å². The second-order valence-corrected chi connectivity index (χ2v) is 7.88. The first kappa shape index (κ1) is 18.4. The smallest absolute Gasteiger partial charge is 0.234 e. The van der Waals surface area contributed by atoms with Crippen molar-refractivity contribution in [2.75, 3.05) is 39.9 Å². The molecule has 2 fully saturated rings. The largest absolute Gasteiger partial charge is 0.381 e. The van der Waals surface area contributed by atoms with Crippen molar-refractivity contribution in [1.29, 1.82) is 0 Å². The summed E-state index contributed by atoms with van der Waals surface area (Å²) in [6, 6.07) is 10.6. The van der Waals surface area contributed by atoms with Gasteiger partial charge in [-0.15, -0.1) is 0 Å². The van der Waals surface area contributed by atoms with Crippen molar-refractivity contribution in [3.63, 3.8) is 0 Å². The third-order valence-electron chi connectivity index (χ3n) is 5.92. The van der Waals surface area contributed by atoms with E-state index in [9.17, 15) is 4.79 Å². The van der Waals surface area contributed by atoms with Crippen LogP contribution in [0.2, 0.25) is 0 Å². The maximum atomic E-state index is 12.5. The lowest BCUT2D eigenvalue weighted by molar-refractivity contribution is -0.122. The summed E-state index contributed by atoms with van der Waals surface area (Å²) in [7, 11) is 2.07. The van der Waals surface area contributed by atoms with E-state index in [4.69, 9.17) is 4.74 Å². The molecular weight excluding hydrogens is 312 g/mol. The summed E-state index contributed by atoms with van der Waals surface area (Å²) in [5.74, 6) is 0.922. The Bertz CT molecular complexity index is 534. The van der Waals surface area contributed by atoms with Gasteiger partial charge in [-0.2, -0.15) is 0 Å². The zero-order valence-electron chi connectivity index (χ0n) is 15.5. The SMILES string of the molecule is CN(CC(=O)NCC1(c2ccccc2)CCOCC1)CC1CCCC1. The lowest BCUT2D eigenvalue weighted by atomic mass is 9.74. The average Bonchev–Trinajstić information content (AvgIpc) is 3.14. The van der Waals surface area contributed by atoms with E-state index in [0.29, 0.717) is 13.1 Å². The van der Waals surface area contributed by atoms with E-state index in [0.717, 1.165) is 38.5 Å². The quantitative estimate of drug-likeness (QED) is 0.827. The first-order chi connectivity index (χ1) is 12.2. The van der Waals surface area contributed by atoms with E-state index in [1.54, 1.807) is 0 Å². The number of nitrogens with one attached hydrogen (secondary N) is 1. The van der Waals surface area contributed by atoms with E-state index < -0.39 is 0 Å². The molecule has 25 heavy (non-hydrogen) atoms. The van der Waals surface area contributed by atoms with Crippen LogP contribution >= 0.6 is 0 Å². The Morgan fingerprint density at radius 2 is 1.88 bits per heavy atom. The van der Waals surface area contributed by atoms with E-state index >= 15 is 0 Å². The lowest BCUT2D eigenvalue weighted by Crippen LogP contribution is -2.47. The number of rotatable bonds is 7. The fourth-order valence-electron chi connectivity index (χ4n) is 4.39. The van der Waals surface area contributed by atoms with Gasteiger partial charge in [-0.1, -0.05) is 43.2 Å². The number of carbonyl (C=O) groups is 1. The minimum absolute atomic E-state index is 0.0131. The summed E-state index contributed by atoms with van der Waals surface area (Å²) in [5.41, 5.74) is 1.33. The van der Waals surface area contributed by atoms with Gasteiger partial charge in [0, 0.05) is 31.7 Å². The van der Waals surface area contributed by atoms with E-state index in [2.05, 4.69) is 41.5 Å². The van der Waals surface area contributed by atoms with Gasteiger partial charge in [-0.3, -0.25) is 9.69 Å². The van der Waals surface area contributed by atoms with Gasteiger partial charge in [0.25, 0.3) is 0 Å². The molecule has 4 heteroatoms. The summed E-state index contributed by atoms with van der Waals surface area (Å²) in [6.07, 6.45) is 7.29. The highest BCUT2D eigenvalue weighted by molar-refractivity contribution is 5.78. The lowest BCUT2D eigenvalue weighted by Gasteiger charge is -2.38. The standard InChI is InChI=1S/C21H32N2O2/c1-23(15-18-7-5-6-8-18)16-20(24)22-17-21(11-13-25-14-12-21)19-9-3-2-4-10-19/h2-4,9-10,18H,5-8,11-17H2,1H3,(H,22,24). The highest BCUT2D eigenvalue weighted by atomic mass is 16.5. The molecule has 4 nitrogen and oxygen atoms in total. The molecule has 0 spiro atoms. The highest BCUT2D eigenvalue weighted by Crippen LogP contribution is 2.34. The summed E-state index contributed by atoms with van der Waals surface area (Å²) in [6.45, 7) is 3.79. The number of hydrogen-bond acceptors (Lipinski definition) is 3. The molecular formula is C21H32N2O2. The topological polar surface area (TPSA) is 41.6 Å². The van der Waals surface area contributed by atoms with Crippen molar-refractivity contribution < 1.29 is 9.53 Å². The van der Waals surface area contributed by atoms with Crippen molar-refractivity contribution >= 4 is 5.91 Å². The van der Waals surface area contributed by atoms with Crippen molar-refractivity contribution in [3.05, 3.63) is 35.9 Å². The summed E-state index contributed by atoms with van der Waals surface area (Å²) >= 11 is 0. The molecule has 1 saturated heterocycles. The van der Waals surface area contributed by atoms with E-state index in [1.165, 1.54) is 31.2 Å². The predicted octanol–water partition coefficient (Wildman–Crippen LogP) is 2.97. The molecule has 138 valence electrons. The molecule has 1 amide bonds. The Balaban J connectivity index is 1.53. The van der Waals surface area contributed by atoms with Gasteiger partial charge in [0.1, 0.15) is 0 Å². The van der Waals surface area contributed by atoms with Gasteiger partial charge in [-0.25, -0.2) is 0 Å². The number of ether oxygens (including phenoxy) is 1. The fraction of sp³-hybridized carbons (Fsp3) is 0.667. The van der Waals surface area contributed by atoms with Crippen molar-refractivity contribution in [3.8, 4) is 0 Å². The molecule has 0 bridgehead atoms. The van der Waals surface area contributed by atoms with Crippen LogP contribution in [-0.4, -0.2) is 50.7 Å². The van der Waals surface area contributed by atoms with E-state index in [1.807, 2.05) is 6.07 Å². The van der Waals surface area contributed by atoms with Crippen LogP contribution in [0, 0.1) is 5.92 Å². The first-order valence-electron chi connectivity index (χ1n) is 9.76. The van der Waals surface area contributed by atoms with Gasteiger partial charge in [0.15, 0.2) is 0 Å². The summed E-state index contributed by atoms with van der Waals surface area (Å²) in [4.78, 5) is 14.6. The maximum absolute atomic E-state index is 12.5. The molecule has 0 unspecified atom stereocenters. The van der Waals surface area contributed by atoms with Crippen LogP contribution in [0.4, 0.5) is 0 Å². The number of amides is 1. The fourth-order valence-corrected chi connectivity index (χ4v) is 4.39. The van der Waals surface area contributed by atoms with Crippen LogP contribution < -0.4 is 5.32 Å². The van der Waals surface area contributed by atoms with Gasteiger partial charge >= 0.3 is 0 Å². The second-order valence-electron chi connectivity index (χ2n) is 7.88. The van der Waals surface area contributed by atoms with Gasteiger partial charge in [-0.05, 0) is 44.2 Å². The number of hydrogen-bond donors (Lipinski definition) is 1. The molecule has 1 N–H and O–H groups in total. The molecule has 0 atom stereocenters. The van der Waals surface area contributed by atoms with Crippen LogP contribution in [0.15, 0.2) is 30.3 Å². The number of carbonyl (C=O) groups excluding carboxylic acids is 1. The molecule has 0 radical (unpaired) electrons. The normalized spacial score (nSPS) is 20.7. The second kappa shape index (κ2) is 8.81. The third kappa shape index (κ3) is 5.05. The predicted molar refractivity (Wildman–Crippen MR) is 101 cm³/mol. The Kier molecular flexibility index (Phi) is 6.49. The number of nitrogens with zero attached hydrogens (tertiary/aromatic N) is 1. The number of likely N-dealkylation sites (N-methyl/N-ethyl adjacent to an activating group) is 1. The minimum Gasteiger partial charge on any atom is -0.381 e. The Morgan fingerprint density at radius 3 is 2.56 bits per heavy atom. The third-order valence-corrected chi connectivity index (χ3v) is 5.92. The van der Waals surface area contributed by atoms with Crippen LogP contribution in [0.3, 0.4) is 0 Å². The Hall–Kier alpha value is -1.39. The molecule has 3 rings (SSSR count). The van der Waals surface area contributed by atoms with Crippen LogP contribution in [-0.2, 0) is 14.9 Å². The molecule has 1 saturated carbocycles. The van der Waals surface area contributed by atoms with Gasteiger partial charge in [0.05, 0.1) is 6.54 Å². The molecule has 1 aliphatic carbocycles. The van der Waals surface area contributed by atoms with Crippen LogP contribution in [0.1, 0.15) is 44.1 Å². The van der Waals surface area contributed by atoms with Crippen molar-refractivity contribution in [1.82, 2.24) is 10.2 Å². The van der Waals surface area contributed by atoms with Crippen molar-refractivity contribution in [2.24, 2.45) is 5.92 Å². The molecule has 1 aromatic rings. The van der Waals surface area contributed by atoms with Gasteiger partial charge < -0.3 is 10.1 Å². The van der Waals surface area contributed by atoms with Crippen molar-refractivity contribution in [2.45, 2.75) is 43.9 Å².